The third kappa shape index (κ3) is 2.79. The summed E-state index contributed by atoms with van der Waals surface area (Å²) in [6.07, 6.45) is 3.54. The van der Waals surface area contributed by atoms with E-state index in [2.05, 4.69) is 0 Å². The second kappa shape index (κ2) is 4.17. The first-order valence-electron chi connectivity index (χ1n) is 3.79. The van der Waals surface area contributed by atoms with Crippen LogP contribution in [0.4, 0.5) is 0 Å². The lowest BCUT2D eigenvalue weighted by molar-refractivity contribution is -0.104. The molecule has 0 amide bonds. The number of carbonyl (C=O) groups is 1. The number of sulfonamides is 1. The Kier molecular flexibility index (Phi) is 3.16. The number of allylic oxidation sites excluding steroid dienone is 1. The molecular formula is C9H9NO3S. The standard InChI is InChI=1S/C9H9NO3S/c10-14(12,13)9-5-3-8(4-6-9)2-1-7-11/h1-7H,(H2,10,12,13). The van der Waals surface area contributed by atoms with E-state index in [9.17, 15) is 13.2 Å². The van der Waals surface area contributed by atoms with Crippen molar-refractivity contribution in [3.05, 3.63) is 35.9 Å². The van der Waals surface area contributed by atoms with Crippen molar-refractivity contribution in [2.45, 2.75) is 4.90 Å². The van der Waals surface area contributed by atoms with Gasteiger partial charge < -0.3 is 0 Å². The first-order chi connectivity index (χ1) is 6.54. The molecule has 0 atom stereocenters. The van der Waals surface area contributed by atoms with Crippen LogP contribution in [0.25, 0.3) is 6.08 Å². The van der Waals surface area contributed by atoms with Crippen LogP contribution >= 0.6 is 0 Å². The molecule has 0 aliphatic carbocycles. The fourth-order valence-electron chi connectivity index (χ4n) is 0.919. The lowest BCUT2D eigenvalue weighted by Crippen LogP contribution is -2.11. The van der Waals surface area contributed by atoms with Gasteiger partial charge in [-0.05, 0) is 23.8 Å². The Morgan fingerprint density at radius 2 is 1.71 bits per heavy atom. The predicted molar refractivity (Wildman–Crippen MR) is 52.9 cm³/mol. The maximum atomic E-state index is 10.9. The average Bonchev–Trinajstić information content (AvgIpc) is 2.14. The summed E-state index contributed by atoms with van der Waals surface area (Å²) in [5, 5.41) is 4.90. The van der Waals surface area contributed by atoms with E-state index in [1.165, 1.54) is 18.2 Å². The second-order valence-corrected chi connectivity index (χ2v) is 4.17. The Labute approximate surface area is 82.1 Å². The summed E-state index contributed by atoms with van der Waals surface area (Å²) in [5.74, 6) is 0. The molecule has 0 radical (unpaired) electrons. The zero-order valence-electron chi connectivity index (χ0n) is 7.25. The molecule has 0 fully saturated rings. The van der Waals surface area contributed by atoms with E-state index in [0.717, 1.165) is 5.56 Å². The molecule has 0 saturated carbocycles. The molecule has 0 heterocycles. The molecule has 0 bridgehead atoms. The average molecular weight is 211 g/mol. The first kappa shape index (κ1) is 10.6. The zero-order valence-corrected chi connectivity index (χ0v) is 8.07. The number of carbonyl (C=O) groups excluding carboxylic acids is 1. The summed E-state index contributed by atoms with van der Waals surface area (Å²) in [5.41, 5.74) is 0.740. The van der Waals surface area contributed by atoms with Gasteiger partial charge in [0.2, 0.25) is 10.0 Å². The van der Waals surface area contributed by atoms with E-state index in [1.807, 2.05) is 0 Å². The Bertz CT molecular complexity index is 445. The van der Waals surface area contributed by atoms with E-state index < -0.39 is 10.0 Å². The van der Waals surface area contributed by atoms with Gasteiger partial charge in [0, 0.05) is 0 Å². The van der Waals surface area contributed by atoms with Crippen molar-refractivity contribution in [1.29, 1.82) is 0 Å². The molecule has 4 nitrogen and oxygen atoms in total. The van der Waals surface area contributed by atoms with Crippen LogP contribution in [0.2, 0.25) is 0 Å². The number of rotatable bonds is 3. The highest BCUT2D eigenvalue weighted by atomic mass is 32.2. The molecule has 2 N–H and O–H groups in total. The second-order valence-electron chi connectivity index (χ2n) is 2.61. The van der Waals surface area contributed by atoms with Crippen LogP contribution in [-0.4, -0.2) is 14.7 Å². The summed E-state index contributed by atoms with van der Waals surface area (Å²) < 4.78 is 21.7. The Morgan fingerprint density at radius 1 is 1.14 bits per heavy atom. The van der Waals surface area contributed by atoms with Crippen molar-refractivity contribution in [1.82, 2.24) is 0 Å². The Hall–Kier alpha value is -1.46. The lowest BCUT2D eigenvalue weighted by atomic mass is 10.2. The maximum absolute atomic E-state index is 10.9. The van der Waals surface area contributed by atoms with Crippen LogP contribution in [0.1, 0.15) is 5.56 Å². The molecule has 0 aromatic heterocycles. The normalized spacial score (nSPS) is 11.8. The SMILES string of the molecule is NS(=O)(=O)c1ccc(C=CC=O)cc1. The van der Waals surface area contributed by atoms with E-state index in [4.69, 9.17) is 5.14 Å². The molecule has 1 rings (SSSR count). The quantitative estimate of drug-likeness (QED) is 0.585. The van der Waals surface area contributed by atoms with Gasteiger partial charge in [0.05, 0.1) is 4.90 Å². The number of benzene rings is 1. The maximum Gasteiger partial charge on any atom is 0.238 e. The highest BCUT2D eigenvalue weighted by molar-refractivity contribution is 7.89. The van der Waals surface area contributed by atoms with Crippen LogP contribution in [0.5, 0.6) is 0 Å². The van der Waals surface area contributed by atoms with Crippen molar-refractivity contribution in [2.75, 3.05) is 0 Å². The van der Waals surface area contributed by atoms with Gasteiger partial charge in [0.25, 0.3) is 0 Å². The summed E-state index contributed by atoms with van der Waals surface area (Å²) in [6, 6.07) is 5.92. The molecular weight excluding hydrogens is 202 g/mol. The molecule has 1 aromatic carbocycles. The summed E-state index contributed by atoms with van der Waals surface area (Å²) in [7, 11) is -3.63. The molecule has 0 unspecified atom stereocenters. The van der Waals surface area contributed by atoms with Crippen LogP contribution in [0.15, 0.2) is 35.2 Å². The Morgan fingerprint density at radius 3 is 2.14 bits per heavy atom. The topological polar surface area (TPSA) is 77.2 Å². The van der Waals surface area contributed by atoms with Gasteiger partial charge in [0.1, 0.15) is 6.29 Å². The fraction of sp³-hybridized carbons (Fsp3) is 0. The number of hydrogen-bond acceptors (Lipinski definition) is 3. The van der Waals surface area contributed by atoms with Gasteiger partial charge in [-0.1, -0.05) is 18.2 Å². The van der Waals surface area contributed by atoms with Crippen LogP contribution in [0.3, 0.4) is 0 Å². The van der Waals surface area contributed by atoms with Crippen LogP contribution < -0.4 is 5.14 Å². The minimum atomic E-state index is -3.63. The van der Waals surface area contributed by atoms with Crippen molar-refractivity contribution in [2.24, 2.45) is 5.14 Å². The van der Waals surface area contributed by atoms with Crippen molar-refractivity contribution in [3.8, 4) is 0 Å². The summed E-state index contributed by atoms with van der Waals surface area (Å²) in [4.78, 5) is 10.1. The molecule has 5 heteroatoms. The van der Waals surface area contributed by atoms with Gasteiger partial charge in [-0.15, -0.1) is 0 Å². The smallest absolute Gasteiger partial charge is 0.238 e. The fourth-order valence-corrected chi connectivity index (χ4v) is 1.43. The first-order valence-corrected chi connectivity index (χ1v) is 5.33. The van der Waals surface area contributed by atoms with Gasteiger partial charge in [0.15, 0.2) is 0 Å². The van der Waals surface area contributed by atoms with E-state index in [1.54, 1.807) is 18.2 Å². The van der Waals surface area contributed by atoms with Gasteiger partial charge in [-0.25, -0.2) is 13.6 Å². The van der Waals surface area contributed by atoms with E-state index in [0.29, 0.717) is 6.29 Å². The number of hydrogen-bond donors (Lipinski definition) is 1. The van der Waals surface area contributed by atoms with Crippen molar-refractivity contribution in [3.63, 3.8) is 0 Å². The van der Waals surface area contributed by atoms with Crippen molar-refractivity contribution >= 4 is 22.4 Å². The highest BCUT2D eigenvalue weighted by Gasteiger charge is 2.05. The van der Waals surface area contributed by atoms with Crippen molar-refractivity contribution < 1.29 is 13.2 Å². The van der Waals surface area contributed by atoms with Gasteiger partial charge in [-0.2, -0.15) is 0 Å². The number of nitrogens with two attached hydrogens (primary N) is 1. The van der Waals surface area contributed by atoms with E-state index in [-0.39, 0.29) is 4.90 Å². The molecule has 74 valence electrons. The predicted octanol–water partition coefficient (Wildman–Crippen LogP) is 0.546. The molecule has 0 aliphatic heterocycles. The number of aldehydes is 1. The largest absolute Gasteiger partial charge is 0.299 e. The van der Waals surface area contributed by atoms with E-state index >= 15 is 0 Å². The van der Waals surface area contributed by atoms with Crippen LogP contribution in [0, 0.1) is 0 Å². The monoisotopic (exact) mass is 211 g/mol. The molecule has 0 saturated heterocycles. The molecule has 1 aromatic rings. The number of primary sulfonamides is 1. The van der Waals surface area contributed by atoms with Gasteiger partial charge >= 0.3 is 0 Å². The highest BCUT2D eigenvalue weighted by Crippen LogP contribution is 2.09. The summed E-state index contributed by atoms with van der Waals surface area (Å²) in [6.45, 7) is 0. The third-order valence-corrected chi connectivity index (χ3v) is 2.51. The minimum Gasteiger partial charge on any atom is -0.299 e. The Balaban J connectivity index is 3.01. The molecule has 0 spiro atoms. The summed E-state index contributed by atoms with van der Waals surface area (Å²) >= 11 is 0. The van der Waals surface area contributed by atoms with Gasteiger partial charge in [-0.3, -0.25) is 4.79 Å². The lowest BCUT2D eigenvalue weighted by Gasteiger charge is -1.97. The minimum absolute atomic E-state index is 0.0563. The van der Waals surface area contributed by atoms with Crippen LogP contribution in [-0.2, 0) is 14.8 Å². The molecule has 14 heavy (non-hydrogen) atoms. The third-order valence-electron chi connectivity index (χ3n) is 1.58. The zero-order chi connectivity index (χ0) is 10.6. The molecule has 0 aliphatic rings.